The molecular weight excluding hydrogens is 356 g/mol. The van der Waals surface area contributed by atoms with Crippen molar-refractivity contribution in [3.05, 3.63) is 54.1 Å². The number of para-hydroxylation sites is 2. The van der Waals surface area contributed by atoms with Gasteiger partial charge in [-0.25, -0.2) is 9.78 Å². The van der Waals surface area contributed by atoms with Crippen molar-refractivity contribution in [1.29, 1.82) is 0 Å². The zero-order valence-electron chi connectivity index (χ0n) is 16.1. The van der Waals surface area contributed by atoms with E-state index < -0.39 is 0 Å². The number of esters is 1. The minimum atomic E-state index is -0.328. The lowest BCUT2D eigenvalue weighted by atomic mass is 10.2. The molecule has 0 radical (unpaired) electrons. The van der Waals surface area contributed by atoms with Gasteiger partial charge in [0.1, 0.15) is 0 Å². The SMILES string of the molecule is CC.CCCOC(=O)c1ccc(Nc2nc3ccccc3n3nnnc23)cc1. The van der Waals surface area contributed by atoms with Gasteiger partial charge < -0.3 is 10.1 Å². The summed E-state index contributed by atoms with van der Waals surface area (Å²) in [5.41, 5.74) is 3.39. The van der Waals surface area contributed by atoms with Gasteiger partial charge in [-0.3, -0.25) is 0 Å². The first-order valence-corrected chi connectivity index (χ1v) is 9.27. The van der Waals surface area contributed by atoms with E-state index in [9.17, 15) is 4.79 Å². The average Bonchev–Trinajstić information content (AvgIpc) is 3.25. The van der Waals surface area contributed by atoms with Crippen LogP contribution in [0, 0.1) is 0 Å². The summed E-state index contributed by atoms with van der Waals surface area (Å²) in [6.07, 6.45) is 0.793. The molecule has 0 aliphatic heterocycles. The number of carbonyl (C=O) groups is 1. The Bertz CT molecular complexity index is 1080. The third-order valence-electron chi connectivity index (χ3n) is 3.84. The van der Waals surface area contributed by atoms with Crippen molar-refractivity contribution in [2.45, 2.75) is 27.2 Å². The summed E-state index contributed by atoms with van der Waals surface area (Å²) in [5.74, 6) is 0.210. The Morgan fingerprint density at radius 3 is 2.61 bits per heavy atom. The van der Waals surface area contributed by atoms with Gasteiger partial charge in [0.2, 0.25) is 5.65 Å². The van der Waals surface area contributed by atoms with Crippen LogP contribution in [0.4, 0.5) is 11.5 Å². The maximum Gasteiger partial charge on any atom is 0.338 e. The summed E-state index contributed by atoms with van der Waals surface area (Å²) < 4.78 is 6.77. The Labute approximate surface area is 162 Å². The second-order valence-electron chi connectivity index (χ2n) is 5.70. The molecule has 2 aromatic carbocycles. The first-order chi connectivity index (χ1) is 13.8. The van der Waals surface area contributed by atoms with E-state index in [1.165, 1.54) is 0 Å². The topological polar surface area (TPSA) is 94.3 Å². The second kappa shape index (κ2) is 8.90. The van der Waals surface area contributed by atoms with Gasteiger partial charge in [0, 0.05) is 5.69 Å². The number of nitrogens with one attached hydrogen (secondary N) is 1. The number of anilines is 2. The van der Waals surface area contributed by atoms with E-state index in [1.807, 2.05) is 45.0 Å². The Hall–Kier alpha value is -3.55. The summed E-state index contributed by atoms with van der Waals surface area (Å²) in [6, 6.07) is 14.6. The number of nitrogens with zero attached hydrogens (tertiary/aromatic N) is 5. The van der Waals surface area contributed by atoms with E-state index in [1.54, 1.807) is 28.8 Å². The van der Waals surface area contributed by atoms with Gasteiger partial charge in [0.05, 0.1) is 23.2 Å². The van der Waals surface area contributed by atoms with Crippen molar-refractivity contribution in [2.75, 3.05) is 11.9 Å². The summed E-state index contributed by atoms with van der Waals surface area (Å²) in [4.78, 5) is 16.5. The van der Waals surface area contributed by atoms with Crippen molar-refractivity contribution < 1.29 is 9.53 Å². The smallest absolute Gasteiger partial charge is 0.338 e. The minimum Gasteiger partial charge on any atom is -0.462 e. The highest BCUT2D eigenvalue weighted by Crippen LogP contribution is 2.22. The molecular formula is C20H22N6O2. The van der Waals surface area contributed by atoms with Crippen LogP contribution in [0.1, 0.15) is 37.6 Å². The molecule has 4 rings (SSSR count). The Balaban J connectivity index is 0.00000109. The zero-order valence-corrected chi connectivity index (χ0v) is 16.1. The van der Waals surface area contributed by atoms with Crippen LogP contribution >= 0.6 is 0 Å². The molecule has 0 saturated carbocycles. The maximum atomic E-state index is 11.9. The predicted octanol–water partition coefficient (Wildman–Crippen LogP) is 4.01. The predicted molar refractivity (Wildman–Crippen MR) is 108 cm³/mol. The molecule has 2 heterocycles. The second-order valence-corrected chi connectivity index (χ2v) is 5.70. The maximum absolute atomic E-state index is 11.9. The number of hydrogen-bond acceptors (Lipinski definition) is 7. The first-order valence-electron chi connectivity index (χ1n) is 9.27. The molecule has 0 aliphatic rings. The number of carbonyl (C=O) groups excluding carboxylic acids is 1. The number of aromatic nitrogens is 5. The number of tetrazole rings is 1. The first kappa shape index (κ1) is 19.2. The molecule has 0 unspecified atom stereocenters. The van der Waals surface area contributed by atoms with Crippen molar-refractivity contribution in [3.8, 4) is 0 Å². The molecule has 1 N–H and O–H groups in total. The molecule has 0 aliphatic carbocycles. The lowest BCUT2D eigenvalue weighted by Crippen LogP contribution is -2.06. The highest BCUT2D eigenvalue weighted by Gasteiger charge is 2.12. The van der Waals surface area contributed by atoms with E-state index in [-0.39, 0.29) is 5.97 Å². The summed E-state index contributed by atoms with van der Waals surface area (Å²) >= 11 is 0. The highest BCUT2D eigenvalue weighted by molar-refractivity contribution is 5.90. The third kappa shape index (κ3) is 3.90. The molecule has 28 heavy (non-hydrogen) atoms. The van der Waals surface area contributed by atoms with E-state index in [2.05, 4.69) is 25.8 Å². The van der Waals surface area contributed by atoms with Crippen molar-refractivity contribution in [3.63, 3.8) is 0 Å². The zero-order chi connectivity index (χ0) is 19.9. The monoisotopic (exact) mass is 378 g/mol. The van der Waals surface area contributed by atoms with E-state index >= 15 is 0 Å². The van der Waals surface area contributed by atoms with Crippen molar-refractivity contribution >= 4 is 34.2 Å². The lowest BCUT2D eigenvalue weighted by molar-refractivity contribution is 0.0505. The molecule has 0 bridgehead atoms. The Morgan fingerprint density at radius 2 is 1.86 bits per heavy atom. The third-order valence-corrected chi connectivity index (χ3v) is 3.84. The van der Waals surface area contributed by atoms with Gasteiger partial charge in [-0.15, -0.1) is 5.10 Å². The fraction of sp³-hybridized carbons (Fsp3) is 0.250. The van der Waals surface area contributed by atoms with E-state index in [0.29, 0.717) is 23.6 Å². The van der Waals surface area contributed by atoms with Crippen LogP contribution in [0.5, 0.6) is 0 Å². The molecule has 0 spiro atoms. The van der Waals surface area contributed by atoms with Crippen LogP contribution in [0.15, 0.2) is 48.5 Å². The molecule has 8 heteroatoms. The number of benzene rings is 2. The van der Waals surface area contributed by atoms with Gasteiger partial charge in [-0.2, -0.15) is 4.52 Å². The average molecular weight is 378 g/mol. The Kier molecular flexibility index (Phi) is 6.11. The van der Waals surface area contributed by atoms with E-state index in [4.69, 9.17) is 4.74 Å². The fourth-order valence-corrected chi connectivity index (χ4v) is 2.59. The molecule has 0 amide bonds. The summed E-state index contributed by atoms with van der Waals surface area (Å²) in [6.45, 7) is 6.37. The fourth-order valence-electron chi connectivity index (χ4n) is 2.59. The van der Waals surface area contributed by atoms with Gasteiger partial charge in [0.15, 0.2) is 5.82 Å². The van der Waals surface area contributed by atoms with Gasteiger partial charge in [0.25, 0.3) is 0 Å². The molecule has 144 valence electrons. The van der Waals surface area contributed by atoms with Gasteiger partial charge >= 0.3 is 5.97 Å². The molecule has 0 saturated heterocycles. The lowest BCUT2D eigenvalue weighted by Gasteiger charge is -2.09. The van der Waals surface area contributed by atoms with Crippen molar-refractivity contribution in [2.24, 2.45) is 0 Å². The number of fused-ring (bicyclic) bond motifs is 3. The van der Waals surface area contributed by atoms with Crippen LogP contribution in [0.3, 0.4) is 0 Å². The molecule has 0 fully saturated rings. The molecule has 2 aromatic heterocycles. The molecule has 8 nitrogen and oxygen atoms in total. The van der Waals surface area contributed by atoms with Crippen LogP contribution < -0.4 is 5.32 Å². The number of ether oxygens (including phenoxy) is 1. The standard InChI is InChI=1S/C18H16N6O2.C2H6/c1-2-11-26-18(25)12-7-9-13(10-8-12)19-16-17-21-22-23-24(17)15-6-4-3-5-14(15)20-16;1-2/h3-10H,2,11H2,1H3,(H,19,20);1-2H3. The largest absolute Gasteiger partial charge is 0.462 e. The number of rotatable bonds is 5. The normalized spacial score (nSPS) is 10.4. The van der Waals surface area contributed by atoms with Gasteiger partial charge in [-0.05, 0) is 53.2 Å². The Morgan fingerprint density at radius 1 is 1.11 bits per heavy atom. The summed E-state index contributed by atoms with van der Waals surface area (Å²) in [5, 5.41) is 15.0. The highest BCUT2D eigenvalue weighted by atomic mass is 16.5. The van der Waals surface area contributed by atoms with Crippen molar-refractivity contribution in [1.82, 2.24) is 25.0 Å². The molecule has 4 aromatic rings. The van der Waals surface area contributed by atoms with Gasteiger partial charge in [-0.1, -0.05) is 32.9 Å². The van der Waals surface area contributed by atoms with Crippen LogP contribution in [-0.2, 0) is 4.74 Å². The minimum absolute atomic E-state index is 0.328. The quantitative estimate of drug-likeness (QED) is 0.524. The summed E-state index contributed by atoms with van der Waals surface area (Å²) in [7, 11) is 0. The number of hydrogen-bond donors (Lipinski definition) is 1. The van der Waals surface area contributed by atoms with E-state index in [0.717, 1.165) is 23.1 Å². The van der Waals surface area contributed by atoms with Crippen LogP contribution in [0.2, 0.25) is 0 Å². The van der Waals surface area contributed by atoms with Crippen LogP contribution in [0.25, 0.3) is 16.7 Å². The van der Waals surface area contributed by atoms with Crippen LogP contribution in [-0.4, -0.2) is 37.6 Å². The molecule has 0 atom stereocenters.